The Morgan fingerprint density at radius 1 is 1.03 bits per heavy atom. The van der Waals surface area contributed by atoms with Crippen molar-refractivity contribution in [1.29, 1.82) is 0 Å². The van der Waals surface area contributed by atoms with Crippen LogP contribution >= 0.6 is 23.8 Å². The summed E-state index contributed by atoms with van der Waals surface area (Å²) >= 11 is 11.8. The van der Waals surface area contributed by atoms with E-state index in [0.29, 0.717) is 34.3 Å². The first-order valence-electron chi connectivity index (χ1n) is 9.94. The summed E-state index contributed by atoms with van der Waals surface area (Å²) in [6, 6.07) is 15.3. The van der Waals surface area contributed by atoms with Gasteiger partial charge in [-0.15, -0.1) is 0 Å². The number of nitrogens with zero attached hydrogens (tertiary/aromatic N) is 3. The molecule has 0 aliphatic heterocycles. The Bertz CT molecular complexity index is 1130. The van der Waals surface area contributed by atoms with E-state index in [9.17, 15) is 0 Å². The molecule has 0 amide bonds. The van der Waals surface area contributed by atoms with Gasteiger partial charge in [-0.25, -0.2) is 15.0 Å². The maximum absolute atomic E-state index is 6.32. The Balaban J connectivity index is 1.82. The van der Waals surface area contributed by atoms with E-state index < -0.39 is 0 Å². The fourth-order valence-electron chi connectivity index (χ4n) is 2.98. The van der Waals surface area contributed by atoms with Crippen LogP contribution in [0.5, 0.6) is 5.75 Å². The minimum atomic E-state index is 0.325. The van der Waals surface area contributed by atoms with Gasteiger partial charge in [-0.2, -0.15) is 0 Å². The van der Waals surface area contributed by atoms with E-state index in [0.717, 1.165) is 28.3 Å². The van der Waals surface area contributed by atoms with Gasteiger partial charge in [0.15, 0.2) is 5.11 Å². The summed E-state index contributed by atoms with van der Waals surface area (Å²) in [4.78, 5) is 13.5. The third-order valence-electron chi connectivity index (χ3n) is 4.42. The Hall–Kier alpha value is -3.23. The number of ether oxygens (including phenoxy) is 1. The number of aliphatic imine (C=N–C) groups is 1. The average Bonchev–Trinajstić information content (AvgIpc) is 2.73. The summed E-state index contributed by atoms with van der Waals surface area (Å²) in [7, 11) is 1.63. The number of guanidine groups is 1. The van der Waals surface area contributed by atoms with Gasteiger partial charge in [0.05, 0.1) is 24.4 Å². The predicted molar refractivity (Wildman–Crippen MR) is 135 cm³/mol. The molecular formula is C23H25ClN6OS. The summed E-state index contributed by atoms with van der Waals surface area (Å²) in [5.74, 6) is 1.57. The van der Waals surface area contributed by atoms with Crippen LogP contribution in [0.1, 0.15) is 22.5 Å². The van der Waals surface area contributed by atoms with Crippen molar-refractivity contribution in [2.24, 2.45) is 4.99 Å². The number of para-hydroxylation sites is 1. The Morgan fingerprint density at radius 2 is 1.75 bits per heavy atom. The Labute approximate surface area is 198 Å². The summed E-state index contributed by atoms with van der Waals surface area (Å²) in [5, 5.41) is 10.2. The smallest absolute Gasteiger partial charge is 0.229 e. The quantitative estimate of drug-likeness (QED) is 0.275. The zero-order valence-electron chi connectivity index (χ0n) is 18.4. The maximum atomic E-state index is 6.32. The molecule has 0 aliphatic rings. The summed E-state index contributed by atoms with van der Waals surface area (Å²) in [6.45, 7) is 6.15. The molecule has 1 aromatic heterocycles. The fourth-order valence-corrected chi connectivity index (χ4v) is 3.47. The molecule has 7 nitrogen and oxygen atoms in total. The van der Waals surface area contributed by atoms with Gasteiger partial charge in [0, 0.05) is 17.0 Å². The van der Waals surface area contributed by atoms with E-state index in [1.807, 2.05) is 69.3 Å². The second-order valence-electron chi connectivity index (χ2n) is 7.14. The molecule has 3 N–H and O–H groups in total. The molecule has 0 radical (unpaired) electrons. The number of methoxy groups -OCH3 is 1. The summed E-state index contributed by atoms with van der Waals surface area (Å²) in [6.07, 6.45) is 0. The highest BCUT2D eigenvalue weighted by molar-refractivity contribution is 7.80. The van der Waals surface area contributed by atoms with Crippen molar-refractivity contribution in [3.8, 4) is 5.75 Å². The maximum Gasteiger partial charge on any atom is 0.229 e. The number of rotatable bonds is 5. The van der Waals surface area contributed by atoms with Crippen LogP contribution < -0.4 is 20.7 Å². The van der Waals surface area contributed by atoms with Crippen LogP contribution in [-0.4, -0.2) is 28.1 Å². The lowest BCUT2D eigenvalue weighted by Crippen LogP contribution is -2.39. The molecule has 32 heavy (non-hydrogen) atoms. The summed E-state index contributed by atoms with van der Waals surface area (Å²) in [5.41, 5.74) is 4.37. The number of anilines is 2. The minimum absolute atomic E-state index is 0.325. The van der Waals surface area contributed by atoms with Crippen molar-refractivity contribution < 1.29 is 4.74 Å². The van der Waals surface area contributed by atoms with Crippen LogP contribution in [0.15, 0.2) is 53.5 Å². The molecule has 1 heterocycles. The lowest BCUT2D eigenvalue weighted by atomic mass is 10.2. The highest BCUT2D eigenvalue weighted by Gasteiger charge is 2.10. The van der Waals surface area contributed by atoms with E-state index in [1.54, 1.807) is 7.11 Å². The number of aryl methyl sites for hydroxylation is 3. The van der Waals surface area contributed by atoms with Gasteiger partial charge in [-0.3, -0.25) is 5.32 Å². The molecule has 0 saturated heterocycles. The third-order valence-corrected chi connectivity index (χ3v) is 4.93. The monoisotopic (exact) mass is 468 g/mol. The molecular weight excluding hydrogens is 444 g/mol. The number of thiocarbonyl (C=S) groups is 1. The van der Waals surface area contributed by atoms with Crippen molar-refractivity contribution in [2.45, 2.75) is 27.3 Å². The van der Waals surface area contributed by atoms with E-state index in [4.69, 9.17) is 28.6 Å². The molecule has 2 aromatic carbocycles. The van der Waals surface area contributed by atoms with Crippen LogP contribution in [-0.2, 0) is 6.54 Å². The number of hydrogen-bond donors (Lipinski definition) is 3. The first-order valence-corrected chi connectivity index (χ1v) is 10.7. The summed E-state index contributed by atoms with van der Waals surface area (Å²) < 4.78 is 5.42. The second-order valence-corrected chi connectivity index (χ2v) is 7.95. The SMILES string of the molecule is COc1ccccc1CN=C(NC(=S)Nc1ccc(C)cc1Cl)Nc1nc(C)cc(C)n1. The van der Waals surface area contributed by atoms with Gasteiger partial charge in [0.1, 0.15) is 5.75 Å². The zero-order chi connectivity index (χ0) is 23.1. The number of aromatic nitrogens is 2. The lowest BCUT2D eigenvalue weighted by molar-refractivity contribution is 0.410. The van der Waals surface area contributed by atoms with Crippen LogP contribution in [0.25, 0.3) is 0 Å². The zero-order valence-corrected chi connectivity index (χ0v) is 19.9. The first-order chi connectivity index (χ1) is 15.3. The van der Waals surface area contributed by atoms with Crippen molar-refractivity contribution in [1.82, 2.24) is 15.3 Å². The highest BCUT2D eigenvalue weighted by Crippen LogP contribution is 2.22. The van der Waals surface area contributed by atoms with Crippen LogP contribution in [0.3, 0.4) is 0 Å². The molecule has 166 valence electrons. The van der Waals surface area contributed by atoms with Gasteiger partial charge in [-0.05, 0) is 62.8 Å². The average molecular weight is 469 g/mol. The predicted octanol–water partition coefficient (Wildman–Crippen LogP) is 5.02. The topological polar surface area (TPSA) is 83.5 Å². The number of nitrogens with one attached hydrogen (secondary N) is 3. The van der Waals surface area contributed by atoms with Gasteiger partial charge < -0.3 is 15.4 Å². The second kappa shape index (κ2) is 10.9. The molecule has 3 rings (SSSR count). The molecule has 0 atom stereocenters. The molecule has 3 aromatic rings. The number of hydrogen-bond acceptors (Lipinski definition) is 5. The molecule has 9 heteroatoms. The van der Waals surface area contributed by atoms with E-state index >= 15 is 0 Å². The van der Waals surface area contributed by atoms with Gasteiger partial charge in [0.25, 0.3) is 0 Å². The first kappa shape index (κ1) is 23.4. The Morgan fingerprint density at radius 3 is 2.44 bits per heavy atom. The van der Waals surface area contributed by atoms with Crippen molar-refractivity contribution in [2.75, 3.05) is 17.7 Å². The van der Waals surface area contributed by atoms with Crippen molar-refractivity contribution in [3.63, 3.8) is 0 Å². The minimum Gasteiger partial charge on any atom is -0.496 e. The lowest BCUT2D eigenvalue weighted by Gasteiger charge is -2.15. The van der Waals surface area contributed by atoms with Gasteiger partial charge in [0.2, 0.25) is 11.9 Å². The van der Waals surface area contributed by atoms with Crippen LogP contribution in [0, 0.1) is 20.8 Å². The number of benzene rings is 2. The highest BCUT2D eigenvalue weighted by atomic mass is 35.5. The Kier molecular flexibility index (Phi) is 7.97. The molecule has 0 spiro atoms. The van der Waals surface area contributed by atoms with E-state index in [-0.39, 0.29) is 0 Å². The molecule has 0 fully saturated rings. The van der Waals surface area contributed by atoms with Crippen LogP contribution in [0.4, 0.5) is 11.6 Å². The van der Waals surface area contributed by atoms with Crippen molar-refractivity contribution in [3.05, 3.63) is 76.1 Å². The normalized spacial score (nSPS) is 11.1. The van der Waals surface area contributed by atoms with E-state index in [2.05, 4.69) is 30.9 Å². The standard InChI is InChI=1S/C23H25ClN6OS/c1-14-9-10-19(18(24)11-14)28-23(32)30-21(29-22-26-15(2)12-16(3)27-22)25-13-17-7-5-6-8-20(17)31-4/h5-12H,13H2,1-4H3,(H3,25,26,27,28,29,30,32). The molecule has 0 aliphatic carbocycles. The fraction of sp³-hybridized carbons (Fsp3) is 0.217. The molecule has 0 saturated carbocycles. The van der Waals surface area contributed by atoms with Gasteiger partial charge >= 0.3 is 0 Å². The molecule has 0 bridgehead atoms. The van der Waals surface area contributed by atoms with E-state index in [1.165, 1.54) is 0 Å². The number of halogens is 1. The van der Waals surface area contributed by atoms with Crippen molar-refractivity contribution >= 4 is 46.5 Å². The van der Waals surface area contributed by atoms with Crippen LogP contribution in [0.2, 0.25) is 5.02 Å². The third kappa shape index (κ3) is 6.63. The van der Waals surface area contributed by atoms with Gasteiger partial charge in [-0.1, -0.05) is 35.9 Å². The molecule has 0 unspecified atom stereocenters. The largest absolute Gasteiger partial charge is 0.496 e.